The molecule has 0 saturated carbocycles. The fraction of sp³-hybridized carbons (Fsp3) is 0.333. The van der Waals surface area contributed by atoms with Gasteiger partial charge in [0.2, 0.25) is 0 Å². The highest BCUT2D eigenvalue weighted by atomic mass is 35.5. The Labute approximate surface area is 204 Å². The molecule has 1 aliphatic rings. The monoisotopic (exact) mass is 482 g/mol. The van der Waals surface area contributed by atoms with Crippen LogP contribution in [0.1, 0.15) is 50.4 Å². The van der Waals surface area contributed by atoms with E-state index < -0.39 is 23.1 Å². The van der Waals surface area contributed by atoms with Gasteiger partial charge < -0.3 is 9.84 Å². The van der Waals surface area contributed by atoms with Crippen LogP contribution in [0, 0.1) is 5.82 Å². The number of rotatable bonds is 6. The van der Waals surface area contributed by atoms with Crippen LogP contribution < -0.4 is 0 Å². The van der Waals surface area contributed by atoms with E-state index in [0.717, 1.165) is 17.5 Å². The van der Waals surface area contributed by atoms with Crippen LogP contribution in [0.4, 0.5) is 9.18 Å². The average Bonchev–Trinajstić information content (AvgIpc) is 2.83. The van der Waals surface area contributed by atoms with Crippen LogP contribution in [-0.4, -0.2) is 27.6 Å². The topological polar surface area (TPSA) is 62.7 Å². The summed E-state index contributed by atoms with van der Waals surface area (Å²) in [7, 11) is 0. The second kappa shape index (κ2) is 9.35. The Hall–Kier alpha value is -2.96. The van der Waals surface area contributed by atoms with E-state index in [1.54, 1.807) is 17.9 Å². The van der Waals surface area contributed by atoms with E-state index in [9.17, 15) is 14.3 Å². The third-order valence-electron chi connectivity index (χ3n) is 6.75. The van der Waals surface area contributed by atoms with E-state index in [2.05, 4.69) is 4.98 Å². The molecule has 1 aromatic heterocycles. The molecule has 34 heavy (non-hydrogen) atoms. The Morgan fingerprint density at radius 1 is 1.24 bits per heavy atom. The molecule has 178 valence electrons. The lowest BCUT2D eigenvalue weighted by Crippen LogP contribution is -2.58. The standard InChI is InChI=1S/C27H28ClFN2O3/c1-4-27(3,33)24-16-20(15-23(30-24)19-10-11-22(29)21(28)14-19)26(2)12-13-31(26)25(32)34-17-18-8-6-5-7-9-18/h5-11,14-16,33H,4,12-13,17H2,1-3H3/t26-,27?/m1/s1. The second-order valence-electron chi connectivity index (χ2n) is 9.10. The average molecular weight is 483 g/mol. The van der Waals surface area contributed by atoms with Gasteiger partial charge in [-0.25, -0.2) is 14.2 Å². The Kier molecular flexibility index (Phi) is 6.65. The summed E-state index contributed by atoms with van der Waals surface area (Å²) in [6.45, 7) is 6.31. The van der Waals surface area contributed by atoms with Gasteiger partial charge in [0.05, 0.1) is 21.9 Å². The molecule has 7 heteroatoms. The summed E-state index contributed by atoms with van der Waals surface area (Å²) >= 11 is 6.02. The van der Waals surface area contributed by atoms with Crippen molar-refractivity contribution in [3.63, 3.8) is 0 Å². The van der Waals surface area contributed by atoms with E-state index in [1.807, 2.05) is 56.3 Å². The third kappa shape index (κ3) is 4.65. The zero-order chi connectivity index (χ0) is 24.5. The molecular weight excluding hydrogens is 455 g/mol. The number of benzene rings is 2. The Bertz CT molecular complexity index is 1200. The minimum absolute atomic E-state index is 0.00511. The Morgan fingerprint density at radius 3 is 2.59 bits per heavy atom. The maximum atomic E-state index is 13.8. The SMILES string of the molecule is CCC(C)(O)c1cc([C@@]2(C)CCN2C(=O)OCc2ccccc2)cc(-c2ccc(F)c(Cl)c2)n1. The van der Waals surface area contributed by atoms with Crippen LogP contribution in [0.3, 0.4) is 0 Å². The van der Waals surface area contributed by atoms with Gasteiger partial charge in [-0.3, -0.25) is 4.90 Å². The van der Waals surface area contributed by atoms with Crippen LogP contribution in [0.5, 0.6) is 0 Å². The first kappa shape index (κ1) is 24.2. The van der Waals surface area contributed by atoms with Crippen molar-refractivity contribution in [1.29, 1.82) is 0 Å². The van der Waals surface area contributed by atoms with Crippen molar-refractivity contribution >= 4 is 17.7 Å². The highest BCUT2D eigenvalue weighted by molar-refractivity contribution is 6.31. The lowest BCUT2D eigenvalue weighted by molar-refractivity contribution is -0.0102. The number of likely N-dealkylation sites (tertiary alicyclic amines) is 1. The number of nitrogens with zero attached hydrogens (tertiary/aromatic N) is 2. The zero-order valence-corrected chi connectivity index (χ0v) is 20.3. The molecule has 2 heterocycles. The second-order valence-corrected chi connectivity index (χ2v) is 9.51. The van der Waals surface area contributed by atoms with Crippen molar-refractivity contribution in [1.82, 2.24) is 9.88 Å². The molecule has 0 spiro atoms. The van der Waals surface area contributed by atoms with Crippen molar-refractivity contribution in [2.75, 3.05) is 6.54 Å². The lowest BCUT2D eigenvalue weighted by atomic mass is 9.79. The molecule has 2 atom stereocenters. The zero-order valence-electron chi connectivity index (χ0n) is 19.5. The maximum Gasteiger partial charge on any atom is 0.410 e. The summed E-state index contributed by atoms with van der Waals surface area (Å²) in [5.74, 6) is -0.513. The van der Waals surface area contributed by atoms with Crippen LogP contribution in [-0.2, 0) is 22.5 Å². The number of carbonyl (C=O) groups excluding carboxylic acids is 1. The number of aliphatic hydroxyl groups is 1. The van der Waals surface area contributed by atoms with Gasteiger partial charge in [-0.2, -0.15) is 0 Å². The van der Waals surface area contributed by atoms with Gasteiger partial charge in [-0.15, -0.1) is 0 Å². The quantitative estimate of drug-likeness (QED) is 0.440. The molecule has 1 N–H and O–H groups in total. The molecule has 1 unspecified atom stereocenters. The van der Waals surface area contributed by atoms with Crippen molar-refractivity contribution in [2.45, 2.75) is 51.4 Å². The maximum absolute atomic E-state index is 13.8. The van der Waals surface area contributed by atoms with Crippen LogP contribution in [0.25, 0.3) is 11.3 Å². The molecule has 2 aromatic carbocycles. The minimum Gasteiger partial charge on any atom is -0.445 e. The first-order valence-electron chi connectivity index (χ1n) is 11.3. The van der Waals surface area contributed by atoms with E-state index in [-0.39, 0.29) is 11.6 Å². The van der Waals surface area contributed by atoms with Crippen molar-refractivity contribution in [3.05, 3.63) is 88.3 Å². The molecule has 0 radical (unpaired) electrons. The molecule has 1 amide bonds. The van der Waals surface area contributed by atoms with Gasteiger partial charge in [0.15, 0.2) is 0 Å². The van der Waals surface area contributed by atoms with Gasteiger partial charge in [0.1, 0.15) is 18.0 Å². The number of hydrogen-bond donors (Lipinski definition) is 1. The normalized spacial score (nSPS) is 19.3. The largest absolute Gasteiger partial charge is 0.445 e. The molecule has 3 aromatic rings. The summed E-state index contributed by atoms with van der Waals surface area (Å²) in [4.78, 5) is 19.3. The number of hydrogen-bond acceptors (Lipinski definition) is 4. The van der Waals surface area contributed by atoms with Crippen molar-refractivity contribution in [2.24, 2.45) is 0 Å². The molecule has 1 fully saturated rings. The Morgan fingerprint density at radius 2 is 1.97 bits per heavy atom. The summed E-state index contributed by atoms with van der Waals surface area (Å²) in [5.41, 5.74) is 1.59. The number of ether oxygens (including phenoxy) is 1. The summed E-state index contributed by atoms with van der Waals surface area (Å²) in [5, 5.41) is 11.0. The van der Waals surface area contributed by atoms with Gasteiger partial charge in [0.25, 0.3) is 0 Å². The predicted octanol–water partition coefficient (Wildman–Crippen LogP) is 6.42. The van der Waals surface area contributed by atoms with Crippen LogP contribution in [0.15, 0.2) is 60.7 Å². The summed E-state index contributed by atoms with van der Waals surface area (Å²) in [6.07, 6.45) is 0.783. The van der Waals surface area contributed by atoms with Gasteiger partial charge in [-0.05, 0) is 68.1 Å². The molecule has 0 aliphatic carbocycles. The fourth-order valence-electron chi connectivity index (χ4n) is 4.05. The number of carbonyl (C=O) groups is 1. The summed E-state index contributed by atoms with van der Waals surface area (Å²) in [6, 6.07) is 17.7. The van der Waals surface area contributed by atoms with Crippen molar-refractivity contribution < 1.29 is 19.0 Å². The first-order chi connectivity index (χ1) is 16.1. The molecule has 1 aliphatic heterocycles. The van der Waals surface area contributed by atoms with Gasteiger partial charge in [0, 0.05) is 12.1 Å². The van der Waals surface area contributed by atoms with E-state index >= 15 is 0 Å². The number of pyridine rings is 1. The minimum atomic E-state index is -1.17. The smallest absolute Gasteiger partial charge is 0.410 e. The van der Waals surface area contributed by atoms with E-state index in [0.29, 0.717) is 29.9 Å². The molecule has 4 rings (SSSR count). The third-order valence-corrected chi connectivity index (χ3v) is 7.04. The van der Waals surface area contributed by atoms with Crippen LogP contribution >= 0.6 is 11.6 Å². The highest BCUT2D eigenvalue weighted by Gasteiger charge is 2.46. The number of halogens is 2. The number of aromatic nitrogens is 1. The molecule has 1 saturated heterocycles. The Balaban J connectivity index is 1.68. The highest BCUT2D eigenvalue weighted by Crippen LogP contribution is 2.43. The predicted molar refractivity (Wildman–Crippen MR) is 130 cm³/mol. The first-order valence-corrected chi connectivity index (χ1v) is 11.7. The number of amides is 1. The molecular formula is C27H28ClFN2O3. The molecule has 0 bridgehead atoms. The fourth-order valence-corrected chi connectivity index (χ4v) is 4.23. The van der Waals surface area contributed by atoms with Gasteiger partial charge in [-0.1, -0.05) is 48.9 Å². The lowest BCUT2D eigenvalue weighted by Gasteiger charge is -2.50. The van der Waals surface area contributed by atoms with Crippen molar-refractivity contribution in [3.8, 4) is 11.3 Å². The van der Waals surface area contributed by atoms with E-state index in [1.165, 1.54) is 12.1 Å². The molecule has 5 nitrogen and oxygen atoms in total. The van der Waals surface area contributed by atoms with Crippen LogP contribution in [0.2, 0.25) is 5.02 Å². The summed E-state index contributed by atoms with van der Waals surface area (Å²) < 4.78 is 19.3. The van der Waals surface area contributed by atoms with Gasteiger partial charge >= 0.3 is 6.09 Å². The van der Waals surface area contributed by atoms with E-state index in [4.69, 9.17) is 16.3 Å².